The summed E-state index contributed by atoms with van der Waals surface area (Å²) in [7, 11) is 4.11. The average Bonchev–Trinajstić information content (AvgIpc) is 2.53. The van der Waals surface area contributed by atoms with Crippen molar-refractivity contribution in [2.24, 2.45) is 0 Å². The van der Waals surface area contributed by atoms with E-state index in [2.05, 4.69) is 34.6 Å². The molecule has 122 valence electrons. The zero-order valence-electron chi connectivity index (χ0n) is 13.3. The van der Waals surface area contributed by atoms with Gasteiger partial charge in [0.2, 0.25) is 0 Å². The summed E-state index contributed by atoms with van der Waals surface area (Å²) in [5, 5.41) is 6.58. The molecule has 0 saturated heterocycles. The Morgan fingerprint density at radius 2 is 2.09 bits per heavy atom. The molecule has 0 fully saturated rings. The number of carbonyl (C=O) groups excluding carboxylic acids is 1. The fourth-order valence-corrected chi connectivity index (χ4v) is 2.21. The maximum Gasteiger partial charge on any atom is 0.256 e. The van der Waals surface area contributed by atoms with Gasteiger partial charge in [-0.05, 0) is 57.4 Å². The zero-order valence-corrected chi connectivity index (χ0v) is 14.1. The largest absolute Gasteiger partial charge is 0.384 e. The second-order valence-corrected chi connectivity index (χ2v) is 5.92. The number of hydrogen-bond donors (Lipinski definition) is 2. The fourth-order valence-electron chi connectivity index (χ4n) is 2.02. The number of anilines is 2. The highest BCUT2D eigenvalue weighted by Gasteiger charge is 2.07. The van der Waals surface area contributed by atoms with Gasteiger partial charge in [-0.2, -0.15) is 0 Å². The predicted molar refractivity (Wildman–Crippen MR) is 95.3 cm³/mol. The first-order valence-corrected chi connectivity index (χ1v) is 7.84. The molecule has 0 spiro atoms. The van der Waals surface area contributed by atoms with Crippen LogP contribution in [0.4, 0.5) is 11.5 Å². The summed E-state index contributed by atoms with van der Waals surface area (Å²) >= 11 is 5.89. The van der Waals surface area contributed by atoms with E-state index in [0.29, 0.717) is 16.4 Å². The van der Waals surface area contributed by atoms with Gasteiger partial charge >= 0.3 is 0 Å². The molecule has 5 nitrogen and oxygen atoms in total. The van der Waals surface area contributed by atoms with Crippen LogP contribution in [0.5, 0.6) is 0 Å². The number of amides is 1. The highest BCUT2D eigenvalue weighted by molar-refractivity contribution is 6.31. The van der Waals surface area contributed by atoms with Crippen molar-refractivity contribution in [2.75, 3.05) is 37.8 Å². The molecule has 1 amide bonds. The van der Waals surface area contributed by atoms with Gasteiger partial charge in [0.1, 0.15) is 5.82 Å². The van der Waals surface area contributed by atoms with Crippen LogP contribution in [0, 0.1) is 0 Å². The Morgan fingerprint density at radius 1 is 1.26 bits per heavy atom. The normalized spacial score (nSPS) is 10.6. The minimum absolute atomic E-state index is 0.230. The summed E-state index contributed by atoms with van der Waals surface area (Å²) < 4.78 is 0. The van der Waals surface area contributed by atoms with Crippen LogP contribution < -0.4 is 10.6 Å². The number of aromatic nitrogens is 1. The lowest BCUT2D eigenvalue weighted by Crippen LogP contribution is -2.16. The fraction of sp³-hybridized carbons (Fsp3) is 0.294. The van der Waals surface area contributed by atoms with Gasteiger partial charge in [-0.15, -0.1) is 0 Å². The number of hydrogen-bond acceptors (Lipinski definition) is 4. The second-order valence-electron chi connectivity index (χ2n) is 5.48. The molecule has 2 rings (SSSR count). The van der Waals surface area contributed by atoms with Crippen LogP contribution in [0.3, 0.4) is 0 Å². The van der Waals surface area contributed by atoms with E-state index in [1.165, 1.54) is 0 Å². The van der Waals surface area contributed by atoms with E-state index in [0.717, 1.165) is 25.2 Å². The van der Waals surface area contributed by atoms with Gasteiger partial charge in [0.25, 0.3) is 5.91 Å². The van der Waals surface area contributed by atoms with Crippen LogP contribution in [0.2, 0.25) is 5.02 Å². The Bertz CT molecular complexity index is 643. The first-order valence-electron chi connectivity index (χ1n) is 7.46. The van der Waals surface area contributed by atoms with Crippen molar-refractivity contribution < 1.29 is 4.79 Å². The van der Waals surface area contributed by atoms with Crippen LogP contribution in [0.1, 0.15) is 16.8 Å². The third-order valence-corrected chi connectivity index (χ3v) is 3.44. The van der Waals surface area contributed by atoms with Gasteiger partial charge < -0.3 is 15.5 Å². The van der Waals surface area contributed by atoms with Crippen LogP contribution in [0.25, 0.3) is 0 Å². The predicted octanol–water partition coefficient (Wildman–Crippen LogP) is 3.35. The molecule has 1 aromatic heterocycles. The SMILES string of the molecule is CN(C)CCCNc1ccc(NC(=O)c2cccc(Cl)c2)nc1. The Labute approximate surface area is 141 Å². The Hall–Kier alpha value is -2.11. The minimum Gasteiger partial charge on any atom is -0.384 e. The van der Waals surface area contributed by atoms with Crippen molar-refractivity contribution in [1.29, 1.82) is 0 Å². The minimum atomic E-state index is -0.230. The Morgan fingerprint density at radius 3 is 2.74 bits per heavy atom. The lowest BCUT2D eigenvalue weighted by atomic mass is 10.2. The van der Waals surface area contributed by atoms with Crippen LogP contribution >= 0.6 is 11.6 Å². The van der Waals surface area contributed by atoms with Crippen molar-refractivity contribution in [3.63, 3.8) is 0 Å². The van der Waals surface area contributed by atoms with Crippen LogP contribution in [0.15, 0.2) is 42.6 Å². The molecule has 0 aliphatic heterocycles. The van der Waals surface area contributed by atoms with Gasteiger partial charge in [-0.1, -0.05) is 17.7 Å². The highest BCUT2D eigenvalue weighted by Crippen LogP contribution is 2.14. The standard InChI is InChI=1S/C17H21ClN4O/c1-22(2)10-4-9-19-15-7-8-16(20-12-15)21-17(23)13-5-3-6-14(18)11-13/h3,5-8,11-12,19H,4,9-10H2,1-2H3,(H,20,21,23). The summed E-state index contributed by atoms with van der Waals surface area (Å²) in [6, 6.07) is 10.5. The summed E-state index contributed by atoms with van der Waals surface area (Å²) in [6.07, 6.45) is 2.77. The Kier molecular flexibility index (Phi) is 6.38. The monoisotopic (exact) mass is 332 g/mol. The number of carbonyl (C=O) groups is 1. The van der Waals surface area contributed by atoms with Crippen molar-refractivity contribution >= 4 is 29.0 Å². The molecule has 0 saturated carbocycles. The van der Waals surface area contributed by atoms with Gasteiger partial charge in [0.05, 0.1) is 11.9 Å². The molecule has 1 aromatic carbocycles. The number of rotatable bonds is 7. The van der Waals surface area contributed by atoms with Crippen molar-refractivity contribution in [3.8, 4) is 0 Å². The van der Waals surface area contributed by atoms with Gasteiger partial charge in [0, 0.05) is 17.1 Å². The average molecular weight is 333 g/mol. The molecular formula is C17H21ClN4O. The number of halogens is 1. The van der Waals surface area contributed by atoms with Crippen LogP contribution in [-0.4, -0.2) is 43.0 Å². The summed E-state index contributed by atoms with van der Waals surface area (Å²) in [5.41, 5.74) is 1.44. The molecule has 1 heterocycles. The van der Waals surface area contributed by atoms with E-state index in [1.54, 1.807) is 36.5 Å². The van der Waals surface area contributed by atoms with Gasteiger partial charge in [-0.25, -0.2) is 4.98 Å². The quantitative estimate of drug-likeness (QED) is 0.763. The zero-order chi connectivity index (χ0) is 16.7. The molecule has 0 radical (unpaired) electrons. The van der Waals surface area contributed by atoms with E-state index in [1.807, 2.05) is 6.07 Å². The number of nitrogens with zero attached hydrogens (tertiary/aromatic N) is 2. The van der Waals surface area contributed by atoms with Crippen molar-refractivity contribution in [1.82, 2.24) is 9.88 Å². The molecule has 0 aliphatic rings. The summed E-state index contributed by atoms with van der Waals surface area (Å²) in [5.74, 6) is 0.278. The van der Waals surface area contributed by atoms with E-state index in [-0.39, 0.29) is 5.91 Å². The molecule has 0 bridgehead atoms. The molecule has 0 aliphatic carbocycles. The van der Waals surface area contributed by atoms with E-state index >= 15 is 0 Å². The maximum absolute atomic E-state index is 12.1. The molecule has 0 atom stereocenters. The van der Waals surface area contributed by atoms with Gasteiger partial charge in [0.15, 0.2) is 0 Å². The van der Waals surface area contributed by atoms with E-state index in [4.69, 9.17) is 11.6 Å². The number of nitrogens with one attached hydrogen (secondary N) is 2. The molecule has 23 heavy (non-hydrogen) atoms. The number of pyridine rings is 1. The maximum atomic E-state index is 12.1. The topological polar surface area (TPSA) is 57.3 Å². The first-order chi connectivity index (χ1) is 11.0. The molecule has 2 N–H and O–H groups in total. The third kappa shape index (κ3) is 5.88. The van der Waals surface area contributed by atoms with E-state index < -0.39 is 0 Å². The van der Waals surface area contributed by atoms with Crippen molar-refractivity contribution in [2.45, 2.75) is 6.42 Å². The number of benzene rings is 1. The lowest BCUT2D eigenvalue weighted by Gasteiger charge is -2.11. The Balaban J connectivity index is 1.86. The van der Waals surface area contributed by atoms with Gasteiger partial charge in [-0.3, -0.25) is 4.79 Å². The van der Waals surface area contributed by atoms with Crippen LogP contribution in [-0.2, 0) is 0 Å². The summed E-state index contributed by atoms with van der Waals surface area (Å²) in [4.78, 5) is 18.5. The lowest BCUT2D eigenvalue weighted by molar-refractivity contribution is 0.102. The molecule has 0 unspecified atom stereocenters. The van der Waals surface area contributed by atoms with Crippen molar-refractivity contribution in [3.05, 3.63) is 53.2 Å². The molecule has 2 aromatic rings. The first kappa shape index (κ1) is 17.2. The molecule has 6 heteroatoms. The second kappa shape index (κ2) is 8.50. The third-order valence-electron chi connectivity index (χ3n) is 3.20. The molecular weight excluding hydrogens is 312 g/mol. The smallest absolute Gasteiger partial charge is 0.256 e. The van der Waals surface area contributed by atoms with E-state index in [9.17, 15) is 4.79 Å². The summed E-state index contributed by atoms with van der Waals surface area (Å²) in [6.45, 7) is 1.92. The highest BCUT2D eigenvalue weighted by atomic mass is 35.5.